The first-order valence-electron chi connectivity index (χ1n) is 12.7. The quantitative estimate of drug-likeness (QED) is 0.113. The smallest absolute Gasteiger partial charge is 0.387 e. The minimum absolute atomic E-state index is 0.0517. The third kappa shape index (κ3) is 6.70. The largest absolute Gasteiger partial charge is 0.481 e. The summed E-state index contributed by atoms with van der Waals surface area (Å²) in [6.07, 6.45) is -4.88. The van der Waals surface area contributed by atoms with Gasteiger partial charge in [-0.2, -0.15) is 4.31 Å². The lowest BCUT2D eigenvalue weighted by Gasteiger charge is -2.28. The number of aliphatic hydroxyl groups is 4. The Morgan fingerprint density at radius 1 is 0.955 bits per heavy atom. The molecule has 2 saturated heterocycles. The van der Waals surface area contributed by atoms with Crippen molar-refractivity contribution in [2.75, 3.05) is 18.9 Å². The summed E-state index contributed by atoms with van der Waals surface area (Å²) < 4.78 is 50.8. The van der Waals surface area contributed by atoms with Crippen LogP contribution >= 0.6 is 15.6 Å². The summed E-state index contributed by atoms with van der Waals surface area (Å²) in [5.41, 5.74) is 11.6. The Hall–Kier alpha value is -2.88. The zero-order chi connectivity index (χ0) is 32.0. The monoisotopic (exact) mass is 665 g/mol. The van der Waals surface area contributed by atoms with Crippen molar-refractivity contribution in [2.45, 2.75) is 55.5 Å². The molecule has 1 amide bonds. The predicted octanol–water partition coefficient (Wildman–Crippen LogP) is -2.69. The molecule has 0 saturated carbocycles. The van der Waals surface area contributed by atoms with Gasteiger partial charge < -0.3 is 56.1 Å². The number of amides is 1. The summed E-state index contributed by atoms with van der Waals surface area (Å²) in [4.78, 5) is 44.6. The van der Waals surface area contributed by atoms with Crippen LogP contribution in [0, 0.1) is 0 Å². The van der Waals surface area contributed by atoms with Gasteiger partial charge in [-0.05, 0) is 6.42 Å². The molecule has 10 N–H and O–H groups in total. The highest BCUT2D eigenvalue weighted by Gasteiger charge is 2.48. The van der Waals surface area contributed by atoms with Gasteiger partial charge in [-0.15, -0.1) is 0 Å². The number of allylic oxidation sites excluding steroid dienone is 1. The van der Waals surface area contributed by atoms with E-state index in [0.29, 0.717) is 0 Å². The van der Waals surface area contributed by atoms with Gasteiger partial charge in [-0.1, -0.05) is 6.08 Å². The van der Waals surface area contributed by atoms with Crippen molar-refractivity contribution in [1.82, 2.24) is 24.4 Å². The van der Waals surface area contributed by atoms with Gasteiger partial charge in [0.2, 0.25) is 5.91 Å². The third-order valence-corrected chi connectivity index (χ3v) is 9.48. The maximum atomic E-state index is 12.4. The number of rotatable bonds is 11. The van der Waals surface area contributed by atoms with E-state index in [1.807, 2.05) is 0 Å². The van der Waals surface area contributed by atoms with Crippen LogP contribution in [-0.4, -0.2) is 117 Å². The molecule has 5 rings (SSSR count). The molecule has 0 radical (unpaired) electrons. The fourth-order valence-electron chi connectivity index (χ4n) is 4.68. The number of hydrogen-bond acceptors (Lipinski definition) is 17. The van der Waals surface area contributed by atoms with Gasteiger partial charge >= 0.3 is 15.6 Å². The topological polar surface area (TPSA) is 318 Å². The number of hydrogen-bond donors (Lipinski definition) is 8. The Labute approximate surface area is 247 Å². The minimum Gasteiger partial charge on any atom is -0.387 e. The second-order valence-electron chi connectivity index (χ2n) is 9.84. The number of ether oxygens (including phenoxy) is 2. The molecule has 44 heavy (non-hydrogen) atoms. The molecule has 2 unspecified atom stereocenters. The molecule has 0 aromatic carbocycles. The number of carbonyl (C=O) groups excluding carboxylic acids is 1. The van der Waals surface area contributed by atoms with Crippen LogP contribution in [0.5, 0.6) is 0 Å². The van der Waals surface area contributed by atoms with Gasteiger partial charge in [0.1, 0.15) is 48.5 Å². The SMILES string of the molecule is NC(=O)C1=CN([C@@H]2O[C@H](COP(=O)(O)OP(=O)(O)OC[C@@H]3O[C@H](n4cnc5c(N)ncnc54)[C@H](O)[C@@H]3O)[C@H](O)[C@@H]2O)C=CC1. The van der Waals surface area contributed by atoms with Crippen molar-refractivity contribution in [1.29, 1.82) is 0 Å². The van der Waals surface area contributed by atoms with Gasteiger partial charge in [-0.3, -0.25) is 18.4 Å². The second kappa shape index (κ2) is 12.5. The highest BCUT2D eigenvalue weighted by Crippen LogP contribution is 2.60. The maximum absolute atomic E-state index is 12.4. The molecular formula is C21H29N7O14P2. The van der Waals surface area contributed by atoms with Gasteiger partial charge in [0, 0.05) is 18.0 Å². The summed E-state index contributed by atoms with van der Waals surface area (Å²) in [6.45, 7) is -1.79. The van der Waals surface area contributed by atoms with Gasteiger partial charge in [-0.25, -0.2) is 24.1 Å². The Balaban J connectivity index is 1.15. The number of anilines is 1. The molecule has 0 aliphatic carbocycles. The molecule has 23 heteroatoms. The van der Waals surface area contributed by atoms with E-state index in [1.54, 1.807) is 6.08 Å². The first-order chi connectivity index (χ1) is 20.7. The molecule has 0 spiro atoms. The molecule has 242 valence electrons. The molecule has 3 aliphatic heterocycles. The van der Waals surface area contributed by atoms with Gasteiger partial charge in [0.15, 0.2) is 23.9 Å². The van der Waals surface area contributed by atoms with Crippen LogP contribution in [0.3, 0.4) is 0 Å². The Bertz CT molecular complexity index is 1560. The van der Waals surface area contributed by atoms with E-state index in [4.69, 9.17) is 30.0 Å². The van der Waals surface area contributed by atoms with Crippen LogP contribution in [-0.2, 0) is 36.8 Å². The number of nitrogen functional groups attached to an aromatic ring is 1. The summed E-state index contributed by atoms with van der Waals surface area (Å²) in [5, 5.41) is 41.6. The van der Waals surface area contributed by atoms with E-state index < -0.39 is 83.8 Å². The molecule has 2 aromatic heterocycles. The predicted molar refractivity (Wildman–Crippen MR) is 142 cm³/mol. The number of aromatic nitrogens is 4. The van der Waals surface area contributed by atoms with Crippen LogP contribution in [0.2, 0.25) is 0 Å². The zero-order valence-electron chi connectivity index (χ0n) is 22.4. The first kappa shape index (κ1) is 32.5. The van der Waals surface area contributed by atoms with E-state index in [9.17, 15) is 44.1 Å². The van der Waals surface area contributed by atoms with E-state index in [1.165, 1.54) is 28.2 Å². The minimum atomic E-state index is -5.37. The lowest BCUT2D eigenvalue weighted by atomic mass is 10.1. The number of primary amides is 1. The number of nitrogens with two attached hydrogens (primary N) is 2. The number of nitrogens with zero attached hydrogens (tertiary/aromatic N) is 5. The van der Waals surface area contributed by atoms with E-state index >= 15 is 0 Å². The van der Waals surface area contributed by atoms with E-state index in [2.05, 4.69) is 19.3 Å². The average Bonchev–Trinajstić information content (AvgIpc) is 3.61. The Morgan fingerprint density at radius 2 is 1.55 bits per heavy atom. The highest BCUT2D eigenvalue weighted by atomic mass is 31.3. The number of imidazole rings is 1. The van der Waals surface area contributed by atoms with Crippen molar-refractivity contribution >= 4 is 38.5 Å². The lowest BCUT2D eigenvalue weighted by Crippen LogP contribution is -2.40. The lowest BCUT2D eigenvalue weighted by molar-refractivity contribution is -0.115. The molecule has 2 aromatic rings. The van der Waals surface area contributed by atoms with Crippen LogP contribution in [0.15, 0.2) is 36.7 Å². The molecule has 21 nitrogen and oxygen atoms in total. The van der Waals surface area contributed by atoms with Crippen molar-refractivity contribution in [3.63, 3.8) is 0 Å². The van der Waals surface area contributed by atoms with E-state index in [0.717, 1.165) is 6.33 Å². The molecule has 10 atom stereocenters. The average molecular weight is 665 g/mol. The fraction of sp³-hybridized carbons (Fsp3) is 0.524. The second-order valence-corrected chi connectivity index (χ2v) is 12.9. The Kier molecular flexibility index (Phi) is 9.23. The van der Waals surface area contributed by atoms with Crippen LogP contribution in [0.25, 0.3) is 11.2 Å². The summed E-state index contributed by atoms with van der Waals surface area (Å²) in [7, 11) is -10.7. The molecule has 3 aliphatic rings. The molecular weight excluding hydrogens is 636 g/mol. The molecule has 0 bridgehead atoms. The number of phosphoric acid groups is 2. The number of aliphatic hydroxyl groups excluding tert-OH is 4. The van der Waals surface area contributed by atoms with Crippen LogP contribution < -0.4 is 11.5 Å². The van der Waals surface area contributed by atoms with Crippen molar-refractivity contribution in [3.8, 4) is 0 Å². The zero-order valence-corrected chi connectivity index (χ0v) is 24.2. The van der Waals surface area contributed by atoms with E-state index in [-0.39, 0.29) is 29.0 Å². The van der Waals surface area contributed by atoms with Gasteiger partial charge in [0.25, 0.3) is 0 Å². The standard InChI is InChI=1S/C21H29N7O14P2/c22-17-12-19(25-7-24-17)28(8-26-12)21-16(32)14(30)11(41-21)6-39-44(36,37)42-43(34,35)38-5-10-13(29)15(31)20(40-10)27-3-1-2-9(4-27)18(23)33/h1,3-4,7-8,10-11,13-16,20-21,29-32H,2,5-6H2,(H2,23,33)(H,34,35)(H,36,37)(H2,22,24,25)/t10-,11+,13+,14-,15+,16-,20-,21+/m1/s1. The molecule has 5 heterocycles. The first-order valence-corrected chi connectivity index (χ1v) is 15.7. The number of phosphoric ester groups is 2. The van der Waals surface area contributed by atoms with Gasteiger partial charge in [0.05, 0.1) is 19.5 Å². The summed E-state index contributed by atoms with van der Waals surface area (Å²) in [5.74, 6) is -0.658. The highest BCUT2D eigenvalue weighted by molar-refractivity contribution is 7.61. The summed E-state index contributed by atoms with van der Waals surface area (Å²) in [6, 6.07) is 0. The molecule has 2 fully saturated rings. The summed E-state index contributed by atoms with van der Waals surface area (Å²) >= 11 is 0. The van der Waals surface area contributed by atoms with Crippen molar-refractivity contribution in [3.05, 3.63) is 36.7 Å². The number of fused-ring (bicyclic) bond motifs is 1. The van der Waals surface area contributed by atoms with Crippen LogP contribution in [0.1, 0.15) is 12.6 Å². The maximum Gasteiger partial charge on any atom is 0.481 e. The fourth-order valence-corrected chi connectivity index (χ4v) is 6.77. The third-order valence-electron chi connectivity index (χ3n) is 6.88. The van der Waals surface area contributed by atoms with Crippen molar-refractivity contribution in [2.24, 2.45) is 5.73 Å². The number of carbonyl (C=O) groups is 1. The normalized spacial score (nSPS) is 33.3. The van der Waals surface area contributed by atoms with Crippen LogP contribution in [0.4, 0.5) is 5.82 Å². The Morgan fingerprint density at radius 3 is 2.16 bits per heavy atom. The van der Waals surface area contributed by atoms with Crippen molar-refractivity contribution < 1.29 is 67.0 Å².